The summed E-state index contributed by atoms with van der Waals surface area (Å²) in [5, 5.41) is 9.58. The Bertz CT molecular complexity index is 478. The molecule has 2 rings (SSSR count). The van der Waals surface area contributed by atoms with Gasteiger partial charge in [0.25, 0.3) is 0 Å². The Morgan fingerprint density at radius 2 is 2.29 bits per heavy atom. The Labute approximate surface area is 100 Å². The third-order valence-electron chi connectivity index (χ3n) is 2.70. The van der Waals surface area contributed by atoms with Crippen molar-refractivity contribution in [3.8, 4) is 5.75 Å². The largest absolute Gasteiger partial charge is 0.496 e. The fourth-order valence-corrected chi connectivity index (χ4v) is 1.76. The second-order valence-corrected chi connectivity index (χ2v) is 3.98. The van der Waals surface area contributed by atoms with Gasteiger partial charge in [-0.3, -0.25) is 0 Å². The minimum absolute atomic E-state index is 0.470. The molecule has 90 valence electrons. The van der Waals surface area contributed by atoms with Crippen LogP contribution in [0.2, 0.25) is 0 Å². The number of hydrogen-bond donors (Lipinski definition) is 1. The summed E-state index contributed by atoms with van der Waals surface area (Å²) in [5.74, 6) is 0.822. The van der Waals surface area contributed by atoms with E-state index in [1.165, 1.54) is 0 Å². The SMILES string of the molecule is COc1ccc(C(C)O)cc1Cn1ccnc1. The minimum atomic E-state index is -0.470. The molecule has 0 bridgehead atoms. The lowest BCUT2D eigenvalue weighted by Gasteiger charge is -2.12. The van der Waals surface area contributed by atoms with Crippen LogP contribution in [0.1, 0.15) is 24.2 Å². The molecule has 1 aromatic carbocycles. The maximum Gasteiger partial charge on any atom is 0.123 e. The fourth-order valence-electron chi connectivity index (χ4n) is 1.76. The minimum Gasteiger partial charge on any atom is -0.496 e. The summed E-state index contributed by atoms with van der Waals surface area (Å²) in [4.78, 5) is 4.00. The van der Waals surface area contributed by atoms with Gasteiger partial charge < -0.3 is 14.4 Å². The summed E-state index contributed by atoms with van der Waals surface area (Å²) in [5.41, 5.74) is 1.92. The highest BCUT2D eigenvalue weighted by atomic mass is 16.5. The molecule has 4 heteroatoms. The van der Waals surface area contributed by atoms with Crippen molar-refractivity contribution >= 4 is 0 Å². The van der Waals surface area contributed by atoms with Gasteiger partial charge in [-0.2, -0.15) is 0 Å². The van der Waals surface area contributed by atoms with Crippen molar-refractivity contribution in [3.63, 3.8) is 0 Å². The van der Waals surface area contributed by atoms with Crippen molar-refractivity contribution in [3.05, 3.63) is 48.0 Å². The number of imidazole rings is 1. The monoisotopic (exact) mass is 232 g/mol. The molecule has 0 fully saturated rings. The van der Waals surface area contributed by atoms with Gasteiger partial charge in [-0.25, -0.2) is 4.98 Å². The van der Waals surface area contributed by atoms with E-state index in [4.69, 9.17) is 4.74 Å². The molecule has 0 aliphatic rings. The second-order valence-electron chi connectivity index (χ2n) is 3.98. The Kier molecular flexibility index (Phi) is 3.44. The zero-order chi connectivity index (χ0) is 12.3. The molecule has 2 aromatic rings. The van der Waals surface area contributed by atoms with Crippen LogP contribution in [0.15, 0.2) is 36.9 Å². The van der Waals surface area contributed by atoms with Gasteiger partial charge in [0.05, 0.1) is 26.1 Å². The molecule has 0 aliphatic carbocycles. The zero-order valence-electron chi connectivity index (χ0n) is 10.00. The van der Waals surface area contributed by atoms with E-state index >= 15 is 0 Å². The van der Waals surface area contributed by atoms with Crippen molar-refractivity contribution in [2.45, 2.75) is 19.6 Å². The number of hydrogen-bond acceptors (Lipinski definition) is 3. The number of nitrogens with zero attached hydrogens (tertiary/aromatic N) is 2. The molecular formula is C13H16N2O2. The maximum absolute atomic E-state index is 9.58. The summed E-state index contributed by atoms with van der Waals surface area (Å²) in [6.07, 6.45) is 4.93. The number of aliphatic hydroxyl groups excluding tert-OH is 1. The van der Waals surface area contributed by atoms with Gasteiger partial charge in [0, 0.05) is 18.0 Å². The third-order valence-corrected chi connectivity index (χ3v) is 2.70. The van der Waals surface area contributed by atoms with Gasteiger partial charge in [-0.05, 0) is 24.6 Å². The van der Waals surface area contributed by atoms with Gasteiger partial charge in [0.1, 0.15) is 5.75 Å². The smallest absolute Gasteiger partial charge is 0.123 e. The van der Waals surface area contributed by atoms with E-state index < -0.39 is 6.10 Å². The van der Waals surface area contributed by atoms with Crippen LogP contribution in [0.4, 0.5) is 0 Å². The molecule has 0 saturated heterocycles. The van der Waals surface area contributed by atoms with Crippen LogP contribution in [0, 0.1) is 0 Å². The van der Waals surface area contributed by atoms with Crippen LogP contribution in [-0.2, 0) is 6.54 Å². The first-order chi connectivity index (χ1) is 8.20. The average Bonchev–Trinajstić information content (AvgIpc) is 2.81. The number of benzene rings is 1. The lowest BCUT2D eigenvalue weighted by Crippen LogP contribution is -2.02. The average molecular weight is 232 g/mol. The molecule has 1 atom stereocenters. The van der Waals surface area contributed by atoms with Crippen molar-refractivity contribution in [2.75, 3.05) is 7.11 Å². The molecule has 0 saturated carbocycles. The lowest BCUT2D eigenvalue weighted by molar-refractivity contribution is 0.199. The summed E-state index contributed by atoms with van der Waals surface area (Å²) in [6, 6.07) is 5.72. The second kappa shape index (κ2) is 5.01. The van der Waals surface area contributed by atoms with Gasteiger partial charge in [0.2, 0.25) is 0 Å². The van der Waals surface area contributed by atoms with Crippen LogP contribution in [0.5, 0.6) is 5.75 Å². The molecule has 17 heavy (non-hydrogen) atoms. The first-order valence-electron chi connectivity index (χ1n) is 5.51. The van der Waals surface area contributed by atoms with E-state index in [-0.39, 0.29) is 0 Å². The van der Waals surface area contributed by atoms with Gasteiger partial charge in [-0.15, -0.1) is 0 Å². The van der Waals surface area contributed by atoms with E-state index in [0.29, 0.717) is 6.54 Å². The molecule has 1 unspecified atom stereocenters. The molecule has 1 aromatic heterocycles. The number of aromatic nitrogens is 2. The zero-order valence-corrected chi connectivity index (χ0v) is 10.00. The van der Waals surface area contributed by atoms with Crippen LogP contribution in [-0.4, -0.2) is 21.8 Å². The van der Waals surface area contributed by atoms with E-state index in [9.17, 15) is 5.11 Å². The van der Waals surface area contributed by atoms with E-state index in [2.05, 4.69) is 4.98 Å². The molecule has 4 nitrogen and oxygen atoms in total. The fraction of sp³-hybridized carbons (Fsp3) is 0.308. The highest BCUT2D eigenvalue weighted by Crippen LogP contribution is 2.24. The number of ether oxygens (including phenoxy) is 1. The molecule has 0 amide bonds. The summed E-state index contributed by atoms with van der Waals surface area (Å²) in [6.45, 7) is 2.44. The molecule has 0 aliphatic heterocycles. The molecule has 1 N–H and O–H groups in total. The van der Waals surface area contributed by atoms with Gasteiger partial charge in [0.15, 0.2) is 0 Å². The normalized spacial score (nSPS) is 12.4. The van der Waals surface area contributed by atoms with Crippen LogP contribution < -0.4 is 4.74 Å². The van der Waals surface area contributed by atoms with Crippen molar-refractivity contribution in [1.29, 1.82) is 0 Å². The maximum atomic E-state index is 9.58. The molecular weight excluding hydrogens is 216 g/mol. The molecule has 1 heterocycles. The third kappa shape index (κ3) is 2.65. The molecule has 0 radical (unpaired) electrons. The van der Waals surface area contributed by atoms with Crippen molar-refractivity contribution < 1.29 is 9.84 Å². The Hall–Kier alpha value is -1.81. The summed E-state index contributed by atoms with van der Waals surface area (Å²) < 4.78 is 7.28. The van der Waals surface area contributed by atoms with Crippen LogP contribution >= 0.6 is 0 Å². The number of aliphatic hydroxyl groups is 1. The first-order valence-corrected chi connectivity index (χ1v) is 5.51. The number of rotatable bonds is 4. The summed E-state index contributed by atoms with van der Waals surface area (Å²) >= 11 is 0. The topological polar surface area (TPSA) is 47.3 Å². The van der Waals surface area contributed by atoms with Gasteiger partial charge >= 0.3 is 0 Å². The quantitative estimate of drug-likeness (QED) is 0.877. The van der Waals surface area contributed by atoms with Gasteiger partial charge in [-0.1, -0.05) is 6.07 Å². The lowest BCUT2D eigenvalue weighted by atomic mass is 10.1. The Balaban J connectivity index is 2.32. The Morgan fingerprint density at radius 3 is 2.88 bits per heavy atom. The van der Waals surface area contributed by atoms with E-state index in [0.717, 1.165) is 16.9 Å². The van der Waals surface area contributed by atoms with Crippen LogP contribution in [0.25, 0.3) is 0 Å². The van der Waals surface area contributed by atoms with Crippen molar-refractivity contribution in [1.82, 2.24) is 9.55 Å². The Morgan fingerprint density at radius 1 is 1.47 bits per heavy atom. The van der Waals surface area contributed by atoms with Crippen LogP contribution in [0.3, 0.4) is 0 Å². The number of methoxy groups -OCH3 is 1. The summed E-state index contributed by atoms with van der Waals surface area (Å²) in [7, 11) is 1.65. The van der Waals surface area contributed by atoms with E-state index in [1.807, 2.05) is 29.0 Å². The highest BCUT2D eigenvalue weighted by Gasteiger charge is 2.08. The van der Waals surface area contributed by atoms with Crippen molar-refractivity contribution in [2.24, 2.45) is 0 Å². The predicted octanol–water partition coefficient (Wildman–Crippen LogP) is 1.99. The van der Waals surface area contributed by atoms with E-state index in [1.54, 1.807) is 26.6 Å². The standard InChI is InChI=1S/C13H16N2O2/c1-10(16)11-3-4-13(17-2)12(7-11)8-15-6-5-14-9-15/h3-7,9-10,16H,8H2,1-2H3. The first kappa shape index (κ1) is 11.7. The highest BCUT2D eigenvalue weighted by molar-refractivity contribution is 5.38. The molecule has 0 spiro atoms. The predicted molar refractivity (Wildman–Crippen MR) is 65.0 cm³/mol.